The van der Waals surface area contributed by atoms with Crippen LogP contribution in [0.5, 0.6) is 0 Å². The van der Waals surface area contributed by atoms with Crippen molar-refractivity contribution in [1.82, 2.24) is 10.3 Å². The quantitative estimate of drug-likeness (QED) is 0.377. The summed E-state index contributed by atoms with van der Waals surface area (Å²) in [6.45, 7) is 0.745. The van der Waals surface area contributed by atoms with Crippen molar-refractivity contribution in [2.24, 2.45) is 5.92 Å². The van der Waals surface area contributed by atoms with E-state index in [1.165, 1.54) is 11.1 Å². The lowest BCUT2D eigenvalue weighted by molar-refractivity contribution is 0.0945. The number of nitrogens with one attached hydrogen (secondary N) is 2. The van der Waals surface area contributed by atoms with Crippen LogP contribution in [-0.2, 0) is 0 Å². The van der Waals surface area contributed by atoms with E-state index in [0.717, 1.165) is 59.2 Å². The first-order chi connectivity index (χ1) is 16.1. The van der Waals surface area contributed by atoms with Crippen molar-refractivity contribution in [2.45, 2.75) is 31.7 Å². The van der Waals surface area contributed by atoms with Crippen molar-refractivity contribution in [3.63, 3.8) is 0 Å². The standard InChI is InChI=1S/C27H30N4OS/c1-31(2)24-15-26(30-23-9-5-3-8-21(23)24)29-19-13-11-18(12-14-19)16-28-27(32)22-17-33-25-10-6-4-7-20(22)25/h3-10,15,17-19H,11-14,16H2,1-2H3,(H,28,32)(H,29,30)/t18-,19+. The molecule has 1 saturated carbocycles. The molecule has 170 valence electrons. The van der Waals surface area contributed by atoms with E-state index in [0.29, 0.717) is 12.0 Å². The van der Waals surface area contributed by atoms with Crippen LogP contribution in [0.4, 0.5) is 11.5 Å². The number of fused-ring (bicyclic) bond motifs is 2. The van der Waals surface area contributed by atoms with Gasteiger partial charge in [-0.05, 0) is 43.7 Å². The average Bonchev–Trinajstić information content (AvgIpc) is 3.27. The van der Waals surface area contributed by atoms with Crippen LogP contribution in [-0.4, -0.2) is 37.6 Å². The van der Waals surface area contributed by atoms with E-state index in [1.54, 1.807) is 11.3 Å². The fourth-order valence-electron chi connectivity index (χ4n) is 4.81. The van der Waals surface area contributed by atoms with Crippen LogP contribution in [0, 0.1) is 5.92 Å². The molecule has 1 aliphatic rings. The third kappa shape index (κ3) is 4.67. The van der Waals surface area contributed by atoms with Gasteiger partial charge < -0.3 is 15.5 Å². The number of benzene rings is 2. The zero-order valence-electron chi connectivity index (χ0n) is 19.2. The SMILES string of the molecule is CN(C)c1cc(N[C@H]2CC[C@@H](CNC(=O)c3csc4ccccc34)CC2)nc2ccccc12. The molecule has 0 aliphatic heterocycles. The Bertz CT molecular complexity index is 1270. The molecule has 0 radical (unpaired) electrons. The summed E-state index contributed by atoms with van der Waals surface area (Å²) >= 11 is 1.63. The van der Waals surface area contributed by atoms with Crippen molar-refractivity contribution in [1.29, 1.82) is 0 Å². The zero-order chi connectivity index (χ0) is 22.8. The molecule has 0 saturated heterocycles. The second-order valence-corrected chi connectivity index (χ2v) is 10.1. The van der Waals surface area contributed by atoms with E-state index >= 15 is 0 Å². The summed E-state index contributed by atoms with van der Waals surface area (Å²) in [6.07, 6.45) is 4.40. The highest BCUT2D eigenvalue weighted by Gasteiger charge is 2.23. The summed E-state index contributed by atoms with van der Waals surface area (Å²) in [5.41, 5.74) is 2.99. The number of pyridine rings is 1. The molecule has 1 aliphatic carbocycles. The van der Waals surface area contributed by atoms with Gasteiger partial charge in [0, 0.05) is 59.3 Å². The summed E-state index contributed by atoms with van der Waals surface area (Å²) in [5.74, 6) is 1.52. The maximum Gasteiger partial charge on any atom is 0.252 e. The maximum absolute atomic E-state index is 12.7. The van der Waals surface area contributed by atoms with Gasteiger partial charge in [-0.25, -0.2) is 4.98 Å². The Balaban J connectivity index is 1.17. The van der Waals surface area contributed by atoms with Gasteiger partial charge >= 0.3 is 0 Å². The first kappa shape index (κ1) is 21.7. The number of para-hydroxylation sites is 1. The second-order valence-electron chi connectivity index (χ2n) is 9.16. The number of thiophene rings is 1. The van der Waals surface area contributed by atoms with E-state index in [2.05, 4.69) is 60.0 Å². The van der Waals surface area contributed by atoms with Gasteiger partial charge in [-0.2, -0.15) is 0 Å². The molecular weight excluding hydrogens is 428 g/mol. The van der Waals surface area contributed by atoms with E-state index in [9.17, 15) is 4.79 Å². The van der Waals surface area contributed by atoms with Crippen molar-refractivity contribution >= 4 is 49.7 Å². The molecule has 4 aromatic rings. The summed E-state index contributed by atoms with van der Waals surface area (Å²) < 4.78 is 1.16. The number of amides is 1. The summed E-state index contributed by atoms with van der Waals surface area (Å²) in [7, 11) is 4.15. The molecule has 2 heterocycles. The fourth-order valence-corrected chi connectivity index (χ4v) is 5.75. The smallest absolute Gasteiger partial charge is 0.252 e. The van der Waals surface area contributed by atoms with Gasteiger partial charge in [0.25, 0.3) is 5.91 Å². The highest BCUT2D eigenvalue weighted by molar-refractivity contribution is 7.17. The molecule has 33 heavy (non-hydrogen) atoms. The Morgan fingerprint density at radius 1 is 1.03 bits per heavy atom. The summed E-state index contributed by atoms with van der Waals surface area (Å²) in [4.78, 5) is 19.7. The van der Waals surface area contributed by atoms with Gasteiger partial charge in [-0.3, -0.25) is 4.79 Å². The highest BCUT2D eigenvalue weighted by atomic mass is 32.1. The van der Waals surface area contributed by atoms with Crippen molar-refractivity contribution < 1.29 is 4.79 Å². The van der Waals surface area contributed by atoms with Crippen LogP contribution in [0.25, 0.3) is 21.0 Å². The Morgan fingerprint density at radius 3 is 2.55 bits per heavy atom. The number of carbonyl (C=O) groups is 1. The Kier molecular flexibility index (Phi) is 6.18. The summed E-state index contributed by atoms with van der Waals surface area (Å²) in [6, 6.07) is 19.0. The van der Waals surface area contributed by atoms with Crippen LogP contribution in [0.15, 0.2) is 60.0 Å². The third-order valence-corrected chi connectivity index (χ3v) is 7.62. The van der Waals surface area contributed by atoms with Crippen molar-refractivity contribution in [3.05, 3.63) is 65.5 Å². The van der Waals surface area contributed by atoms with Gasteiger partial charge in [0.15, 0.2) is 0 Å². The molecule has 0 atom stereocenters. The number of aromatic nitrogens is 1. The topological polar surface area (TPSA) is 57.3 Å². The van der Waals surface area contributed by atoms with E-state index in [4.69, 9.17) is 4.98 Å². The van der Waals surface area contributed by atoms with Crippen LogP contribution < -0.4 is 15.5 Å². The number of nitrogens with zero attached hydrogens (tertiary/aromatic N) is 2. The predicted octanol–water partition coefficient (Wildman–Crippen LogP) is 5.92. The van der Waals surface area contributed by atoms with Crippen LogP contribution >= 0.6 is 11.3 Å². The molecule has 2 aromatic heterocycles. The first-order valence-corrected chi connectivity index (χ1v) is 12.5. The monoisotopic (exact) mass is 458 g/mol. The zero-order valence-corrected chi connectivity index (χ0v) is 20.0. The third-order valence-electron chi connectivity index (χ3n) is 6.65. The van der Waals surface area contributed by atoms with Gasteiger partial charge in [0.2, 0.25) is 0 Å². The molecule has 2 N–H and O–H groups in total. The molecule has 0 spiro atoms. The van der Waals surface area contributed by atoms with Gasteiger partial charge in [0.1, 0.15) is 5.82 Å². The molecule has 5 rings (SSSR count). The van der Waals surface area contributed by atoms with Crippen LogP contribution in [0.2, 0.25) is 0 Å². The minimum atomic E-state index is 0.0456. The number of carbonyl (C=O) groups excluding carboxylic acids is 1. The molecule has 1 amide bonds. The van der Waals surface area contributed by atoms with Crippen molar-refractivity contribution in [2.75, 3.05) is 30.9 Å². The molecule has 2 aromatic carbocycles. The van der Waals surface area contributed by atoms with Crippen molar-refractivity contribution in [3.8, 4) is 0 Å². The Hall–Kier alpha value is -3.12. The first-order valence-electron chi connectivity index (χ1n) is 11.7. The normalized spacial score (nSPS) is 18.4. The Morgan fingerprint density at radius 2 is 1.76 bits per heavy atom. The number of hydrogen-bond acceptors (Lipinski definition) is 5. The van der Waals surface area contributed by atoms with Gasteiger partial charge in [-0.15, -0.1) is 11.3 Å². The highest BCUT2D eigenvalue weighted by Crippen LogP contribution is 2.31. The molecule has 1 fully saturated rings. The van der Waals surface area contributed by atoms with E-state index < -0.39 is 0 Å². The lowest BCUT2D eigenvalue weighted by atomic mass is 9.86. The minimum absolute atomic E-state index is 0.0456. The van der Waals surface area contributed by atoms with E-state index in [-0.39, 0.29) is 5.91 Å². The number of hydrogen-bond donors (Lipinski definition) is 2. The average molecular weight is 459 g/mol. The lowest BCUT2D eigenvalue weighted by Gasteiger charge is -2.30. The molecular formula is C27H30N4OS. The maximum atomic E-state index is 12.7. The number of rotatable bonds is 6. The van der Waals surface area contributed by atoms with Crippen LogP contribution in [0.3, 0.4) is 0 Å². The van der Waals surface area contributed by atoms with E-state index in [1.807, 2.05) is 29.6 Å². The fraction of sp³-hybridized carbons (Fsp3) is 0.333. The second kappa shape index (κ2) is 9.40. The van der Waals surface area contributed by atoms with Gasteiger partial charge in [0.05, 0.1) is 11.1 Å². The summed E-state index contributed by atoms with van der Waals surface area (Å²) in [5, 5.41) is 11.0. The van der Waals surface area contributed by atoms with Gasteiger partial charge in [-0.1, -0.05) is 36.4 Å². The Labute approximate surface area is 198 Å². The largest absolute Gasteiger partial charge is 0.377 e. The number of anilines is 2. The lowest BCUT2D eigenvalue weighted by Crippen LogP contribution is -2.34. The molecule has 0 unspecified atom stereocenters. The molecule has 0 bridgehead atoms. The molecule has 6 heteroatoms. The minimum Gasteiger partial charge on any atom is -0.377 e. The predicted molar refractivity (Wildman–Crippen MR) is 140 cm³/mol. The van der Waals surface area contributed by atoms with Crippen LogP contribution in [0.1, 0.15) is 36.0 Å². The molecule has 5 nitrogen and oxygen atoms in total.